The van der Waals surface area contributed by atoms with Crippen molar-refractivity contribution in [2.75, 3.05) is 31.1 Å². The van der Waals surface area contributed by atoms with Crippen molar-refractivity contribution >= 4 is 27.6 Å². The highest BCUT2D eigenvalue weighted by Crippen LogP contribution is 2.24. The standard InChI is InChI=1S/C17H18ClN5O2S/c1-12-3-4-15(10-16(12)18)26(24,25)23-7-5-22(6-8-23)17-20-13(2)9-14(11-19)21-17/h3-4,9-10H,5-8H2,1-2H3. The molecule has 9 heteroatoms. The number of benzene rings is 1. The largest absolute Gasteiger partial charge is 0.338 e. The Bertz CT molecular complexity index is 979. The maximum atomic E-state index is 12.8. The molecule has 1 fully saturated rings. The van der Waals surface area contributed by atoms with Crippen LogP contribution in [0.15, 0.2) is 29.2 Å². The first kappa shape index (κ1) is 18.6. The fourth-order valence-corrected chi connectivity index (χ4v) is 4.46. The first-order valence-corrected chi connectivity index (χ1v) is 9.90. The molecule has 0 bridgehead atoms. The van der Waals surface area contributed by atoms with Gasteiger partial charge < -0.3 is 4.90 Å². The normalized spacial score (nSPS) is 15.7. The Balaban J connectivity index is 1.76. The van der Waals surface area contributed by atoms with Crippen LogP contribution in [0.3, 0.4) is 0 Å². The van der Waals surface area contributed by atoms with Crippen molar-refractivity contribution in [1.82, 2.24) is 14.3 Å². The summed E-state index contributed by atoms with van der Waals surface area (Å²) in [6.07, 6.45) is 0. The molecule has 0 spiro atoms. The van der Waals surface area contributed by atoms with Crippen LogP contribution in [0.1, 0.15) is 17.0 Å². The summed E-state index contributed by atoms with van der Waals surface area (Å²) >= 11 is 6.07. The van der Waals surface area contributed by atoms with Gasteiger partial charge in [0.1, 0.15) is 11.8 Å². The summed E-state index contributed by atoms with van der Waals surface area (Å²) < 4.78 is 27.1. The molecule has 1 aliphatic rings. The van der Waals surface area contributed by atoms with E-state index < -0.39 is 10.0 Å². The summed E-state index contributed by atoms with van der Waals surface area (Å²) in [6.45, 7) is 5.16. The number of sulfonamides is 1. The van der Waals surface area contributed by atoms with Gasteiger partial charge in [0.25, 0.3) is 0 Å². The van der Waals surface area contributed by atoms with E-state index in [1.54, 1.807) is 25.1 Å². The van der Waals surface area contributed by atoms with Gasteiger partial charge in [-0.05, 0) is 37.6 Å². The fraction of sp³-hybridized carbons (Fsp3) is 0.353. The zero-order valence-electron chi connectivity index (χ0n) is 14.5. The van der Waals surface area contributed by atoms with Gasteiger partial charge in [0.2, 0.25) is 16.0 Å². The van der Waals surface area contributed by atoms with Gasteiger partial charge in [-0.15, -0.1) is 0 Å². The highest BCUT2D eigenvalue weighted by Gasteiger charge is 2.29. The molecular formula is C17H18ClN5O2S. The molecular weight excluding hydrogens is 374 g/mol. The molecule has 0 atom stereocenters. The number of rotatable bonds is 3. The lowest BCUT2D eigenvalue weighted by Gasteiger charge is -2.34. The van der Waals surface area contributed by atoms with Crippen LogP contribution in [0.2, 0.25) is 5.02 Å². The van der Waals surface area contributed by atoms with E-state index in [1.807, 2.05) is 17.9 Å². The topological polar surface area (TPSA) is 90.2 Å². The molecule has 0 unspecified atom stereocenters. The molecule has 1 aromatic carbocycles. The lowest BCUT2D eigenvalue weighted by molar-refractivity contribution is 0.382. The van der Waals surface area contributed by atoms with Crippen LogP contribution in [0, 0.1) is 25.2 Å². The predicted molar refractivity (Wildman–Crippen MR) is 98.6 cm³/mol. The molecule has 7 nitrogen and oxygen atoms in total. The minimum Gasteiger partial charge on any atom is -0.338 e. The third-order valence-electron chi connectivity index (χ3n) is 4.26. The second kappa shape index (κ2) is 7.19. The number of halogens is 1. The van der Waals surface area contributed by atoms with Crippen LogP contribution >= 0.6 is 11.6 Å². The molecule has 0 radical (unpaired) electrons. The van der Waals surface area contributed by atoms with Crippen molar-refractivity contribution in [2.45, 2.75) is 18.7 Å². The molecule has 0 N–H and O–H groups in total. The zero-order valence-corrected chi connectivity index (χ0v) is 16.0. The molecule has 2 heterocycles. The second-order valence-electron chi connectivity index (χ2n) is 6.11. The molecule has 1 saturated heterocycles. The van der Waals surface area contributed by atoms with Crippen molar-refractivity contribution in [2.24, 2.45) is 0 Å². The number of nitrogens with zero attached hydrogens (tertiary/aromatic N) is 5. The molecule has 0 saturated carbocycles. The zero-order chi connectivity index (χ0) is 18.9. The van der Waals surface area contributed by atoms with Crippen LogP contribution < -0.4 is 4.90 Å². The van der Waals surface area contributed by atoms with E-state index >= 15 is 0 Å². The first-order valence-electron chi connectivity index (χ1n) is 8.08. The Morgan fingerprint density at radius 2 is 1.81 bits per heavy atom. The number of anilines is 1. The van der Waals surface area contributed by atoms with Crippen molar-refractivity contribution < 1.29 is 8.42 Å². The van der Waals surface area contributed by atoms with Gasteiger partial charge in [0, 0.05) is 36.9 Å². The molecule has 0 amide bonds. The fourth-order valence-electron chi connectivity index (χ4n) is 2.76. The minimum absolute atomic E-state index is 0.195. The van der Waals surface area contributed by atoms with Gasteiger partial charge in [0.05, 0.1) is 4.90 Å². The van der Waals surface area contributed by atoms with Gasteiger partial charge in [0.15, 0.2) is 0 Å². The van der Waals surface area contributed by atoms with Gasteiger partial charge in [-0.25, -0.2) is 18.4 Å². The first-order chi connectivity index (χ1) is 12.3. The van der Waals surface area contributed by atoms with Crippen LogP contribution in [-0.2, 0) is 10.0 Å². The number of hydrogen-bond donors (Lipinski definition) is 0. The number of piperazine rings is 1. The number of aryl methyl sites for hydroxylation is 2. The van der Waals surface area contributed by atoms with Gasteiger partial charge in [-0.2, -0.15) is 9.57 Å². The van der Waals surface area contributed by atoms with Crippen molar-refractivity contribution in [3.63, 3.8) is 0 Å². The Morgan fingerprint density at radius 3 is 2.42 bits per heavy atom. The van der Waals surface area contributed by atoms with Crippen LogP contribution in [0.25, 0.3) is 0 Å². The molecule has 0 aliphatic carbocycles. The average Bonchev–Trinajstić information content (AvgIpc) is 2.63. The van der Waals surface area contributed by atoms with E-state index in [0.717, 1.165) is 5.56 Å². The van der Waals surface area contributed by atoms with Crippen molar-refractivity contribution in [3.05, 3.63) is 46.2 Å². The van der Waals surface area contributed by atoms with Crippen molar-refractivity contribution in [1.29, 1.82) is 5.26 Å². The highest BCUT2D eigenvalue weighted by atomic mass is 35.5. The van der Waals surface area contributed by atoms with Crippen LogP contribution in [-0.4, -0.2) is 48.9 Å². The number of hydrogen-bond acceptors (Lipinski definition) is 6. The van der Waals surface area contributed by atoms with Gasteiger partial charge in [-0.1, -0.05) is 17.7 Å². The van der Waals surface area contributed by atoms with Gasteiger partial charge in [-0.3, -0.25) is 0 Å². The second-order valence-corrected chi connectivity index (χ2v) is 8.45. The minimum atomic E-state index is -3.60. The van der Waals surface area contributed by atoms with Crippen LogP contribution in [0.4, 0.5) is 5.95 Å². The number of aromatic nitrogens is 2. The molecule has 1 aromatic heterocycles. The summed E-state index contributed by atoms with van der Waals surface area (Å²) in [5.74, 6) is 0.456. The maximum absolute atomic E-state index is 12.8. The van der Waals surface area contributed by atoms with Crippen LogP contribution in [0.5, 0.6) is 0 Å². The lowest BCUT2D eigenvalue weighted by Crippen LogP contribution is -2.49. The molecule has 1 aliphatic heterocycles. The Morgan fingerprint density at radius 1 is 1.12 bits per heavy atom. The van der Waals surface area contributed by atoms with E-state index in [2.05, 4.69) is 9.97 Å². The molecule has 136 valence electrons. The Kier molecular flexibility index (Phi) is 5.14. The Hall–Kier alpha value is -2.21. The average molecular weight is 392 g/mol. The summed E-state index contributed by atoms with van der Waals surface area (Å²) in [6, 6.07) is 8.40. The summed E-state index contributed by atoms with van der Waals surface area (Å²) in [7, 11) is -3.60. The third kappa shape index (κ3) is 3.65. The summed E-state index contributed by atoms with van der Waals surface area (Å²) in [5.41, 5.74) is 1.84. The van der Waals surface area contributed by atoms with E-state index in [4.69, 9.17) is 16.9 Å². The number of nitriles is 1. The highest BCUT2D eigenvalue weighted by molar-refractivity contribution is 7.89. The Labute approximate surface area is 157 Å². The SMILES string of the molecule is Cc1cc(C#N)nc(N2CCN(S(=O)(=O)c3ccc(C)c(Cl)c3)CC2)n1. The van der Waals surface area contributed by atoms with E-state index in [-0.39, 0.29) is 4.90 Å². The van der Waals surface area contributed by atoms with Gasteiger partial charge >= 0.3 is 0 Å². The van der Waals surface area contributed by atoms with E-state index in [0.29, 0.717) is 48.5 Å². The maximum Gasteiger partial charge on any atom is 0.243 e. The molecule has 2 aromatic rings. The summed E-state index contributed by atoms with van der Waals surface area (Å²) in [5, 5.41) is 9.48. The predicted octanol–water partition coefficient (Wildman–Crippen LogP) is 2.13. The summed E-state index contributed by atoms with van der Waals surface area (Å²) in [4.78, 5) is 10.6. The molecule has 26 heavy (non-hydrogen) atoms. The quantitative estimate of drug-likeness (QED) is 0.796. The van der Waals surface area contributed by atoms with E-state index in [9.17, 15) is 8.42 Å². The monoisotopic (exact) mass is 391 g/mol. The van der Waals surface area contributed by atoms with E-state index in [1.165, 1.54) is 10.4 Å². The lowest BCUT2D eigenvalue weighted by atomic mass is 10.2. The molecule has 3 rings (SSSR count). The smallest absolute Gasteiger partial charge is 0.243 e. The third-order valence-corrected chi connectivity index (χ3v) is 6.56. The van der Waals surface area contributed by atoms with Crippen molar-refractivity contribution in [3.8, 4) is 6.07 Å².